The summed E-state index contributed by atoms with van der Waals surface area (Å²) in [6.07, 6.45) is 9.32. The van der Waals surface area contributed by atoms with Crippen LogP contribution in [0.25, 0.3) is 0 Å². The fourth-order valence-electron chi connectivity index (χ4n) is 5.51. The van der Waals surface area contributed by atoms with E-state index >= 15 is 0 Å². The van der Waals surface area contributed by atoms with Crippen molar-refractivity contribution in [2.75, 3.05) is 7.05 Å². The predicted octanol–water partition coefficient (Wildman–Crippen LogP) is 2.52. The third-order valence-corrected chi connectivity index (χ3v) is 6.04. The Hall–Kier alpha value is -0.0400. The summed E-state index contributed by atoms with van der Waals surface area (Å²) < 4.78 is 0. The van der Waals surface area contributed by atoms with Gasteiger partial charge in [-0.1, -0.05) is 6.42 Å². The molecule has 5 aliphatic rings. The van der Waals surface area contributed by atoms with Crippen LogP contribution >= 0.6 is 0 Å². The summed E-state index contributed by atoms with van der Waals surface area (Å²) in [5.41, 5.74) is 0. The topological polar surface area (TPSA) is 3.24 Å². The summed E-state index contributed by atoms with van der Waals surface area (Å²) in [6.45, 7) is 0. The first-order valence-corrected chi connectivity index (χ1v) is 6.56. The van der Waals surface area contributed by atoms with Gasteiger partial charge in [-0.15, -0.1) is 0 Å². The molecule has 1 heteroatoms. The van der Waals surface area contributed by atoms with Crippen LogP contribution in [0, 0.1) is 23.7 Å². The maximum atomic E-state index is 2.75. The van der Waals surface area contributed by atoms with Crippen LogP contribution in [0.3, 0.4) is 0 Å². The molecule has 0 aromatic heterocycles. The lowest BCUT2D eigenvalue weighted by Gasteiger charge is -2.64. The van der Waals surface area contributed by atoms with Gasteiger partial charge in [0, 0.05) is 12.1 Å². The van der Waals surface area contributed by atoms with Crippen molar-refractivity contribution < 1.29 is 0 Å². The molecule has 2 saturated heterocycles. The van der Waals surface area contributed by atoms with Gasteiger partial charge in [0.05, 0.1) is 0 Å². The molecule has 14 heavy (non-hydrogen) atoms. The van der Waals surface area contributed by atoms with Crippen molar-refractivity contribution in [3.63, 3.8) is 0 Å². The van der Waals surface area contributed by atoms with Gasteiger partial charge in [-0.2, -0.15) is 0 Å². The van der Waals surface area contributed by atoms with Crippen molar-refractivity contribution >= 4 is 0 Å². The Bertz CT molecular complexity index is 258. The maximum Gasteiger partial charge on any atom is 0.0129 e. The van der Waals surface area contributed by atoms with Crippen LogP contribution in [0.4, 0.5) is 0 Å². The molecule has 78 valence electrons. The van der Waals surface area contributed by atoms with Gasteiger partial charge in [0.25, 0.3) is 0 Å². The second-order valence-electron chi connectivity index (χ2n) is 6.28. The average molecular weight is 191 g/mol. The van der Waals surface area contributed by atoms with Gasteiger partial charge < -0.3 is 4.90 Å². The number of hydrogen-bond acceptors (Lipinski definition) is 1. The summed E-state index contributed by atoms with van der Waals surface area (Å²) in [4.78, 5) is 2.75. The Morgan fingerprint density at radius 2 is 1.79 bits per heavy atom. The van der Waals surface area contributed by atoms with E-state index in [-0.39, 0.29) is 0 Å². The molecule has 5 rings (SSSR count). The molecule has 0 radical (unpaired) electrons. The van der Waals surface area contributed by atoms with Crippen LogP contribution in [0.15, 0.2) is 0 Å². The van der Waals surface area contributed by atoms with Gasteiger partial charge in [-0.3, -0.25) is 0 Å². The smallest absolute Gasteiger partial charge is 0.0129 e. The molecular formula is C13H21N. The highest BCUT2D eigenvalue weighted by molar-refractivity contribution is 5.08. The number of rotatable bonds is 0. The van der Waals surface area contributed by atoms with E-state index in [2.05, 4.69) is 11.9 Å². The van der Waals surface area contributed by atoms with E-state index < -0.39 is 0 Å². The van der Waals surface area contributed by atoms with Gasteiger partial charge in [0.2, 0.25) is 0 Å². The second-order valence-corrected chi connectivity index (χ2v) is 6.28. The Labute approximate surface area is 86.9 Å². The lowest BCUT2D eigenvalue weighted by molar-refractivity contribution is -0.143. The molecule has 6 atom stereocenters. The number of hydrogen-bond donors (Lipinski definition) is 0. The summed E-state index contributed by atoms with van der Waals surface area (Å²) in [6, 6.07) is 1.98. The summed E-state index contributed by atoms with van der Waals surface area (Å²) >= 11 is 0. The van der Waals surface area contributed by atoms with Crippen molar-refractivity contribution in [3.05, 3.63) is 0 Å². The first kappa shape index (κ1) is 8.15. The maximum absolute atomic E-state index is 2.75. The van der Waals surface area contributed by atoms with Crippen molar-refractivity contribution in [2.24, 2.45) is 23.7 Å². The van der Waals surface area contributed by atoms with E-state index in [0.717, 1.165) is 35.8 Å². The minimum Gasteiger partial charge on any atom is -0.300 e. The first-order chi connectivity index (χ1) is 6.84. The fraction of sp³-hybridized carbons (Fsp3) is 1.00. The Balaban J connectivity index is 1.77. The second kappa shape index (κ2) is 2.55. The predicted molar refractivity (Wildman–Crippen MR) is 57.0 cm³/mol. The molecule has 2 aliphatic heterocycles. The van der Waals surface area contributed by atoms with Crippen molar-refractivity contribution in [1.82, 2.24) is 4.90 Å². The average Bonchev–Trinajstić information content (AvgIpc) is 2.18. The van der Waals surface area contributed by atoms with Gasteiger partial charge in [0.1, 0.15) is 0 Å². The standard InChI is InChI=1S/C13H21N/c1-14-9-5-8-6-13(14)11-4-2-3-10(8)12(11)7-9/h8-13H,2-7H2,1H3/t8?,9?,10?,11?,12-,13?/m1/s1. The number of nitrogens with zero attached hydrogens (tertiary/aromatic N) is 1. The van der Waals surface area contributed by atoms with Gasteiger partial charge >= 0.3 is 0 Å². The highest BCUT2D eigenvalue weighted by atomic mass is 15.2. The third kappa shape index (κ3) is 0.816. The van der Waals surface area contributed by atoms with E-state index in [1.54, 1.807) is 32.1 Å². The number of piperidine rings is 2. The van der Waals surface area contributed by atoms with E-state index in [0.29, 0.717) is 0 Å². The molecular weight excluding hydrogens is 170 g/mol. The van der Waals surface area contributed by atoms with E-state index in [4.69, 9.17) is 0 Å². The lowest BCUT2D eigenvalue weighted by Crippen LogP contribution is -2.64. The van der Waals surface area contributed by atoms with Crippen LogP contribution in [0.2, 0.25) is 0 Å². The summed E-state index contributed by atoms with van der Waals surface area (Å²) in [7, 11) is 2.40. The van der Waals surface area contributed by atoms with E-state index in [1.165, 1.54) is 6.42 Å². The lowest BCUT2D eigenvalue weighted by atomic mass is 9.49. The first-order valence-electron chi connectivity index (χ1n) is 6.56. The van der Waals surface area contributed by atoms with Crippen LogP contribution in [-0.2, 0) is 0 Å². The molecule has 0 spiro atoms. The third-order valence-electron chi connectivity index (χ3n) is 6.04. The SMILES string of the molecule is CN1C2CC3CC1C1CCCC3[C@H]1C2. The van der Waals surface area contributed by atoms with Gasteiger partial charge in [0.15, 0.2) is 0 Å². The zero-order valence-electron chi connectivity index (χ0n) is 9.15. The zero-order valence-corrected chi connectivity index (χ0v) is 9.15. The molecule has 0 aromatic carbocycles. The largest absolute Gasteiger partial charge is 0.300 e. The molecule has 5 fully saturated rings. The molecule has 5 unspecified atom stereocenters. The zero-order chi connectivity index (χ0) is 9.28. The van der Waals surface area contributed by atoms with Crippen LogP contribution in [-0.4, -0.2) is 24.0 Å². The Kier molecular flexibility index (Phi) is 1.49. The minimum absolute atomic E-state index is 0.981. The Morgan fingerprint density at radius 1 is 0.929 bits per heavy atom. The Morgan fingerprint density at radius 3 is 2.71 bits per heavy atom. The molecule has 0 N–H and O–H groups in total. The van der Waals surface area contributed by atoms with Crippen molar-refractivity contribution in [2.45, 2.75) is 50.6 Å². The van der Waals surface area contributed by atoms with Gasteiger partial charge in [-0.05, 0) is 62.8 Å². The highest BCUT2D eigenvalue weighted by Gasteiger charge is 2.56. The summed E-state index contributed by atoms with van der Waals surface area (Å²) in [5.74, 6) is 4.56. The van der Waals surface area contributed by atoms with Crippen LogP contribution in [0.1, 0.15) is 38.5 Å². The molecule has 0 amide bonds. The minimum atomic E-state index is 0.981. The molecule has 3 saturated carbocycles. The van der Waals surface area contributed by atoms with Crippen LogP contribution in [0.5, 0.6) is 0 Å². The van der Waals surface area contributed by atoms with Crippen molar-refractivity contribution in [1.29, 1.82) is 0 Å². The quantitative estimate of drug-likeness (QED) is 0.568. The van der Waals surface area contributed by atoms with E-state index in [1.807, 2.05) is 0 Å². The van der Waals surface area contributed by atoms with Crippen LogP contribution < -0.4 is 0 Å². The summed E-state index contributed by atoms with van der Waals surface area (Å²) in [5, 5.41) is 0. The molecule has 6 bridgehead atoms. The molecule has 1 nitrogen and oxygen atoms in total. The highest BCUT2D eigenvalue weighted by Crippen LogP contribution is 2.59. The van der Waals surface area contributed by atoms with Crippen molar-refractivity contribution in [3.8, 4) is 0 Å². The molecule has 0 aromatic rings. The van der Waals surface area contributed by atoms with Gasteiger partial charge in [-0.25, -0.2) is 0 Å². The fourth-order valence-corrected chi connectivity index (χ4v) is 5.51. The molecule has 3 aliphatic carbocycles. The molecule has 2 heterocycles. The normalized spacial score (nSPS) is 60.6. The monoisotopic (exact) mass is 191 g/mol. The van der Waals surface area contributed by atoms with E-state index in [9.17, 15) is 0 Å².